The number of rotatable bonds is 4. The highest BCUT2D eigenvalue weighted by molar-refractivity contribution is 6.34. The zero-order valence-electron chi connectivity index (χ0n) is 13.4. The molecule has 0 aliphatic carbocycles. The van der Waals surface area contributed by atoms with Gasteiger partial charge < -0.3 is 10.1 Å². The van der Waals surface area contributed by atoms with Crippen molar-refractivity contribution in [3.63, 3.8) is 0 Å². The molecule has 6 nitrogen and oxygen atoms in total. The summed E-state index contributed by atoms with van der Waals surface area (Å²) in [5.74, 6) is -0.808. The van der Waals surface area contributed by atoms with Crippen LogP contribution in [0.1, 0.15) is 40.4 Å². The lowest BCUT2D eigenvalue weighted by molar-refractivity contribution is 0.0378. The molecule has 1 heterocycles. The third kappa shape index (κ3) is 3.90. The fourth-order valence-corrected chi connectivity index (χ4v) is 2.14. The third-order valence-corrected chi connectivity index (χ3v) is 3.65. The topological polar surface area (TPSA) is 73.2 Å². The molecule has 0 unspecified atom stereocenters. The molecule has 1 amide bonds. The summed E-state index contributed by atoms with van der Waals surface area (Å²) in [5.41, 5.74) is 1.83. The van der Waals surface area contributed by atoms with Gasteiger partial charge in [0.25, 0.3) is 5.91 Å². The number of ether oxygens (including phenoxy) is 1. The molecule has 122 valence electrons. The largest absolute Gasteiger partial charge is 0.459 e. The Bertz CT molecular complexity index is 736. The van der Waals surface area contributed by atoms with E-state index in [4.69, 9.17) is 16.3 Å². The van der Waals surface area contributed by atoms with Crippen LogP contribution in [0.3, 0.4) is 0 Å². The van der Waals surface area contributed by atoms with Gasteiger partial charge in [0, 0.05) is 12.7 Å². The summed E-state index contributed by atoms with van der Waals surface area (Å²) in [6.45, 7) is 5.34. The summed E-state index contributed by atoms with van der Waals surface area (Å²) in [6, 6.07) is 6.42. The smallest absolute Gasteiger partial charge is 0.338 e. The number of anilines is 1. The Morgan fingerprint density at radius 2 is 1.87 bits per heavy atom. The monoisotopic (exact) mass is 335 g/mol. The van der Waals surface area contributed by atoms with Crippen LogP contribution in [0.2, 0.25) is 5.02 Å². The van der Waals surface area contributed by atoms with E-state index in [1.165, 1.54) is 0 Å². The lowest BCUT2D eigenvalue weighted by Crippen LogP contribution is -2.14. The van der Waals surface area contributed by atoms with Crippen molar-refractivity contribution < 1.29 is 14.3 Å². The Morgan fingerprint density at radius 1 is 1.26 bits per heavy atom. The van der Waals surface area contributed by atoms with Crippen molar-refractivity contribution in [3.8, 4) is 0 Å². The van der Waals surface area contributed by atoms with Crippen molar-refractivity contribution in [2.45, 2.75) is 26.9 Å². The minimum Gasteiger partial charge on any atom is -0.459 e. The van der Waals surface area contributed by atoms with E-state index in [9.17, 15) is 9.59 Å². The van der Waals surface area contributed by atoms with Gasteiger partial charge >= 0.3 is 5.97 Å². The van der Waals surface area contributed by atoms with Gasteiger partial charge in [-0.15, -0.1) is 0 Å². The standard InChI is InChI=1S/C16H18ClN3O3/c1-9(2)23-16(22)11-5-7-12(8-6-11)18-15(21)14-13(17)10(3)20(4)19-14/h5-9H,1-4H3,(H,18,21). The molecule has 0 aliphatic heterocycles. The van der Waals surface area contributed by atoms with Gasteiger partial charge in [-0.3, -0.25) is 9.48 Å². The number of carbonyl (C=O) groups excluding carboxylic acids is 2. The third-order valence-electron chi connectivity index (χ3n) is 3.20. The number of hydrogen-bond acceptors (Lipinski definition) is 4. The second-order valence-electron chi connectivity index (χ2n) is 5.36. The first-order valence-corrected chi connectivity index (χ1v) is 7.49. The molecular formula is C16H18ClN3O3. The lowest BCUT2D eigenvalue weighted by atomic mass is 10.2. The molecule has 0 saturated heterocycles. The van der Waals surface area contributed by atoms with Crippen LogP contribution in [0, 0.1) is 6.92 Å². The Morgan fingerprint density at radius 3 is 2.35 bits per heavy atom. The van der Waals surface area contributed by atoms with Crippen LogP contribution < -0.4 is 5.32 Å². The molecule has 0 spiro atoms. The molecule has 0 bridgehead atoms. The van der Waals surface area contributed by atoms with Gasteiger partial charge in [-0.1, -0.05) is 11.6 Å². The Kier molecular flexibility index (Phi) is 5.05. The number of benzene rings is 1. The number of nitrogens with zero attached hydrogens (tertiary/aromatic N) is 2. The number of carbonyl (C=O) groups is 2. The van der Waals surface area contributed by atoms with E-state index in [0.717, 1.165) is 0 Å². The van der Waals surface area contributed by atoms with Gasteiger partial charge in [0.1, 0.15) is 0 Å². The minimum absolute atomic E-state index is 0.162. The highest BCUT2D eigenvalue weighted by Gasteiger charge is 2.18. The summed E-state index contributed by atoms with van der Waals surface area (Å²) in [6.07, 6.45) is -0.184. The number of amides is 1. The van der Waals surface area contributed by atoms with E-state index in [-0.39, 0.29) is 11.8 Å². The second-order valence-corrected chi connectivity index (χ2v) is 5.74. The van der Waals surface area contributed by atoms with Crippen LogP contribution in [-0.2, 0) is 11.8 Å². The van der Waals surface area contributed by atoms with E-state index in [0.29, 0.717) is 22.0 Å². The van der Waals surface area contributed by atoms with Gasteiger partial charge in [-0.2, -0.15) is 5.10 Å². The molecule has 23 heavy (non-hydrogen) atoms. The second kappa shape index (κ2) is 6.83. The van der Waals surface area contributed by atoms with Crippen molar-refractivity contribution in [1.82, 2.24) is 9.78 Å². The SMILES string of the molecule is Cc1c(Cl)c(C(=O)Nc2ccc(C(=O)OC(C)C)cc2)nn1C. The van der Waals surface area contributed by atoms with Crippen molar-refractivity contribution >= 4 is 29.2 Å². The minimum atomic E-state index is -0.406. The predicted octanol–water partition coefficient (Wildman–Crippen LogP) is 3.20. The number of esters is 1. The molecule has 7 heteroatoms. The van der Waals surface area contributed by atoms with E-state index < -0.39 is 11.9 Å². The van der Waals surface area contributed by atoms with Gasteiger partial charge in [0.15, 0.2) is 5.69 Å². The average molecular weight is 336 g/mol. The first-order chi connectivity index (χ1) is 10.8. The maximum absolute atomic E-state index is 12.2. The maximum atomic E-state index is 12.2. The molecule has 0 radical (unpaired) electrons. The summed E-state index contributed by atoms with van der Waals surface area (Å²) in [5, 5.41) is 7.10. The number of halogens is 1. The average Bonchev–Trinajstić information content (AvgIpc) is 2.75. The molecule has 2 rings (SSSR count). The van der Waals surface area contributed by atoms with Crippen LogP contribution in [0.5, 0.6) is 0 Å². The number of nitrogens with one attached hydrogen (secondary N) is 1. The molecule has 1 aromatic carbocycles. The fourth-order valence-electron chi connectivity index (χ4n) is 1.89. The van der Waals surface area contributed by atoms with Crippen molar-refractivity contribution in [1.29, 1.82) is 0 Å². The molecule has 2 aromatic rings. The fraction of sp³-hybridized carbons (Fsp3) is 0.312. The van der Waals surface area contributed by atoms with Gasteiger partial charge in [0.05, 0.1) is 22.4 Å². The van der Waals surface area contributed by atoms with E-state index in [1.54, 1.807) is 56.8 Å². The molecule has 0 aliphatic rings. The zero-order chi connectivity index (χ0) is 17.1. The Labute approximate surface area is 139 Å². The molecule has 1 N–H and O–H groups in total. The molecular weight excluding hydrogens is 318 g/mol. The van der Waals surface area contributed by atoms with Crippen LogP contribution in [-0.4, -0.2) is 27.8 Å². The summed E-state index contributed by atoms with van der Waals surface area (Å²) in [7, 11) is 1.72. The van der Waals surface area contributed by atoms with Crippen LogP contribution in [0.4, 0.5) is 5.69 Å². The summed E-state index contributed by atoms with van der Waals surface area (Å²) in [4.78, 5) is 24.0. The zero-order valence-corrected chi connectivity index (χ0v) is 14.1. The molecule has 0 saturated carbocycles. The van der Waals surface area contributed by atoms with Crippen LogP contribution in [0.25, 0.3) is 0 Å². The number of aryl methyl sites for hydroxylation is 1. The predicted molar refractivity (Wildman–Crippen MR) is 87.9 cm³/mol. The van der Waals surface area contributed by atoms with E-state index in [1.807, 2.05) is 0 Å². The maximum Gasteiger partial charge on any atom is 0.338 e. The summed E-state index contributed by atoms with van der Waals surface area (Å²) >= 11 is 6.08. The van der Waals surface area contributed by atoms with Crippen LogP contribution >= 0.6 is 11.6 Å². The van der Waals surface area contributed by atoms with Gasteiger partial charge in [0.2, 0.25) is 0 Å². The molecule has 0 atom stereocenters. The van der Waals surface area contributed by atoms with Gasteiger partial charge in [-0.25, -0.2) is 4.79 Å². The highest BCUT2D eigenvalue weighted by atomic mass is 35.5. The van der Waals surface area contributed by atoms with Crippen LogP contribution in [0.15, 0.2) is 24.3 Å². The van der Waals surface area contributed by atoms with E-state index >= 15 is 0 Å². The van der Waals surface area contributed by atoms with E-state index in [2.05, 4.69) is 10.4 Å². The number of hydrogen-bond donors (Lipinski definition) is 1. The van der Waals surface area contributed by atoms with Gasteiger partial charge in [-0.05, 0) is 45.0 Å². The highest BCUT2D eigenvalue weighted by Crippen LogP contribution is 2.20. The summed E-state index contributed by atoms with van der Waals surface area (Å²) < 4.78 is 6.65. The Hall–Kier alpha value is -2.34. The first kappa shape index (κ1) is 17.0. The molecule has 0 fully saturated rings. The first-order valence-electron chi connectivity index (χ1n) is 7.11. The lowest BCUT2D eigenvalue weighted by Gasteiger charge is -2.08. The Balaban J connectivity index is 2.10. The normalized spacial score (nSPS) is 10.7. The molecule has 1 aromatic heterocycles. The van der Waals surface area contributed by atoms with Crippen molar-refractivity contribution in [2.75, 3.05) is 5.32 Å². The van der Waals surface area contributed by atoms with Crippen molar-refractivity contribution in [2.24, 2.45) is 7.05 Å². The quantitative estimate of drug-likeness (QED) is 0.871. The number of aromatic nitrogens is 2. The van der Waals surface area contributed by atoms with Crippen molar-refractivity contribution in [3.05, 3.63) is 46.2 Å².